The molecule has 0 spiro atoms. The Balaban J connectivity index is 2.26. The molecule has 0 fully saturated rings. The van der Waals surface area contributed by atoms with Gasteiger partial charge in [0.25, 0.3) is 0 Å². The normalized spacial score (nSPS) is 17.8. The topological polar surface area (TPSA) is 115 Å². The highest BCUT2D eigenvalue weighted by Gasteiger charge is 2.43. The van der Waals surface area contributed by atoms with Crippen molar-refractivity contribution in [2.24, 2.45) is 0 Å². The van der Waals surface area contributed by atoms with E-state index in [4.69, 9.17) is 16.6 Å². The van der Waals surface area contributed by atoms with Crippen LogP contribution in [0.2, 0.25) is 0 Å². The number of carboxylic acid groups (broad SMARTS) is 2. The smallest absolute Gasteiger partial charge is 0.336 e. The molecule has 7 nitrogen and oxygen atoms in total. The predicted octanol–water partition coefficient (Wildman–Crippen LogP) is 0.816. The van der Waals surface area contributed by atoms with Crippen LogP contribution in [0.5, 0.6) is 0 Å². The molecular formula is C18H19NO6. The Morgan fingerprint density at radius 1 is 1.24 bits per heavy atom. The summed E-state index contributed by atoms with van der Waals surface area (Å²) in [5.41, 5.74) is -0.655. The number of carboxylic acids is 2. The van der Waals surface area contributed by atoms with Gasteiger partial charge in [-0.25, -0.2) is 4.79 Å². The highest BCUT2D eigenvalue weighted by molar-refractivity contribution is 5.90. The quantitative estimate of drug-likeness (QED) is 0.630. The van der Waals surface area contributed by atoms with Gasteiger partial charge < -0.3 is 20.2 Å². The van der Waals surface area contributed by atoms with Crippen molar-refractivity contribution in [2.45, 2.75) is 37.3 Å². The van der Waals surface area contributed by atoms with Crippen molar-refractivity contribution in [3.05, 3.63) is 35.4 Å². The molecule has 1 aromatic carbocycles. The lowest BCUT2D eigenvalue weighted by molar-refractivity contribution is -0.169. The zero-order valence-corrected chi connectivity index (χ0v) is 13.5. The van der Waals surface area contributed by atoms with Crippen molar-refractivity contribution in [1.29, 1.82) is 0 Å². The van der Waals surface area contributed by atoms with Gasteiger partial charge in [-0.05, 0) is 24.0 Å². The SMILES string of the molecule is C#CCN(C(=O)CC(O)(CC(=O)O)C(=O)O)[C@@H]1CCc2ccccc21. The molecule has 0 aromatic heterocycles. The Kier molecular flexibility index (Phi) is 5.45. The van der Waals surface area contributed by atoms with Crippen LogP contribution in [-0.2, 0) is 20.8 Å². The lowest BCUT2D eigenvalue weighted by Crippen LogP contribution is -2.47. The van der Waals surface area contributed by atoms with Gasteiger partial charge in [0.1, 0.15) is 0 Å². The van der Waals surface area contributed by atoms with Crippen LogP contribution in [0.3, 0.4) is 0 Å². The third kappa shape index (κ3) is 3.98. The van der Waals surface area contributed by atoms with Crippen LogP contribution < -0.4 is 0 Å². The third-order valence-electron chi connectivity index (χ3n) is 4.34. The maximum Gasteiger partial charge on any atom is 0.336 e. The molecule has 1 unspecified atom stereocenters. The summed E-state index contributed by atoms with van der Waals surface area (Å²) in [7, 11) is 0. The first-order valence-electron chi connectivity index (χ1n) is 7.77. The van der Waals surface area contributed by atoms with Gasteiger partial charge in [-0.3, -0.25) is 9.59 Å². The van der Waals surface area contributed by atoms with E-state index >= 15 is 0 Å². The molecule has 132 valence electrons. The number of carbonyl (C=O) groups excluding carboxylic acids is 1. The molecule has 1 aromatic rings. The van der Waals surface area contributed by atoms with Crippen LogP contribution in [0.4, 0.5) is 0 Å². The van der Waals surface area contributed by atoms with E-state index in [0.29, 0.717) is 6.42 Å². The second-order valence-electron chi connectivity index (χ2n) is 6.06. The molecule has 0 saturated carbocycles. The minimum Gasteiger partial charge on any atom is -0.481 e. The van der Waals surface area contributed by atoms with Crippen LogP contribution in [-0.4, -0.2) is 50.2 Å². The van der Waals surface area contributed by atoms with Gasteiger partial charge >= 0.3 is 11.9 Å². The summed E-state index contributed by atoms with van der Waals surface area (Å²) in [6.45, 7) is -0.0550. The van der Waals surface area contributed by atoms with E-state index < -0.39 is 36.3 Å². The maximum absolute atomic E-state index is 12.6. The zero-order chi connectivity index (χ0) is 18.6. The standard InChI is InChI=1S/C18H19NO6/c1-2-9-19(14-8-7-12-5-3-4-6-13(12)14)15(20)10-18(25,17(23)24)11-16(21)22/h1,3-6,14,25H,7-11H2,(H,21,22)(H,23,24)/t14-,18?/m1/s1. The zero-order valence-electron chi connectivity index (χ0n) is 13.5. The van der Waals surface area contributed by atoms with Crippen molar-refractivity contribution in [3.8, 4) is 12.3 Å². The lowest BCUT2D eigenvalue weighted by Gasteiger charge is -2.31. The van der Waals surface area contributed by atoms with Crippen LogP contribution >= 0.6 is 0 Å². The van der Waals surface area contributed by atoms with E-state index in [1.165, 1.54) is 4.90 Å². The number of aliphatic carboxylic acids is 2. The molecule has 1 aliphatic carbocycles. The van der Waals surface area contributed by atoms with Gasteiger partial charge in [-0.2, -0.15) is 0 Å². The summed E-state index contributed by atoms with van der Waals surface area (Å²) in [5.74, 6) is -1.58. The number of aryl methyl sites for hydroxylation is 1. The fraction of sp³-hybridized carbons (Fsp3) is 0.389. The molecule has 2 atom stereocenters. The Morgan fingerprint density at radius 3 is 2.52 bits per heavy atom. The van der Waals surface area contributed by atoms with E-state index in [9.17, 15) is 19.5 Å². The molecule has 0 saturated heterocycles. The van der Waals surface area contributed by atoms with E-state index in [1.54, 1.807) is 0 Å². The lowest BCUT2D eigenvalue weighted by atomic mass is 9.94. The van der Waals surface area contributed by atoms with Crippen molar-refractivity contribution in [2.75, 3.05) is 6.54 Å². The van der Waals surface area contributed by atoms with Gasteiger partial charge in [0.05, 0.1) is 25.4 Å². The Bertz CT molecular complexity index is 737. The molecule has 3 N–H and O–H groups in total. The number of carbonyl (C=O) groups is 3. The number of aliphatic hydroxyl groups is 1. The molecule has 1 aliphatic rings. The molecular weight excluding hydrogens is 326 g/mol. The predicted molar refractivity (Wildman–Crippen MR) is 87.5 cm³/mol. The van der Waals surface area contributed by atoms with Gasteiger partial charge in [0.2, 0.25) is 5.91 Å². The van der Waals surface area contributed by atoms with E-state index in [-0.39, 0.29) is 12.6 Å². The van der Waals surface area contributed by atoms with Crippen molar-refractivity contribution in [1.82, 2.24) is 4.90 Å². The second kappa shape index (κ2) is 7.36. The monoisotopic (exact) mass is 345 g/mol. The highest BCUT2D eigenvalue weighted by atomic mass is 16.4. The summed E-state index contributed by atoms with van der Waals surface area (Å²) < 4.78 is 0. The van der Waals surface area contributed by atoms with Gasteiger partial charge in [0.15, 0.2) is 5.60 Å². The number of hydrogen-bond donors (Lipinski definition) is 3. The van der Waals surface area contributed by atoms with Crippen LogP contribution in [0.25, 0.3) is 0 Å². The fourth-order valence-electron chi connectivity index (χ4n) is 3.14. The minimum atomic E-state index is -2.67. The average Bonchev–Trinajstić information content (AvgIpc) is 2.95. The van der Waals surface area contributed by atoms with Crippen LogP contribution in [0.15, 0.2) is 24.3 Å². The second-order valence-corrected chi connectivity index (χ2v) is 6.06. The molecule has 1 amide bonds. The number of benzene rings is 1. The van der Waals surface area contributed by atoms with Gasteiger partial charge in [0, 0.05) is 0 Å². The van der Waals surface area contributed by atoms with Crippen molar-refractivity contribution < 1.29 is 29.7 Å². The summed E-state index contributed by atoms with van der Waals surface area (Å²) in [6, 6.07) is 7.25. The first kappa shape index (κ1) is 18.5. The van der Waals surface area contributed by atoms with E-state index in [1.807, 2.05) is 24.3 Å². The Labute approximate surface area is 144 Å². The number of fused-ring (bicyclic) bond motifs is 1. The summed E-state index contributed by atoms with van der Waals surface area (Å²) in [5, 5.41) is 28.1. The number of nitrogens with zero attached hydrogens (tertiary/aromatic N) is 1. The molecule has 0 bridgehead atoms. The van der Waals surface area contributed by atoms with Gasteiger partial charge in [-0.15, -0.1) is 6.42 Å². The summed E-state index contributed by atoms with van der Waals surface area (Å²) in [4.78, 5) is 36.1. The van der Waals surface area contributed by atoms with Crippen molar-refractivity contribution >= 4 is 17.8 Å². The molecule has 25 heavy (non-hydrogen) atoms. The summed E-state index contributed by atoms with van der Waals surface area (Å²) in [6.07, 6.45) is 4.81. The average molecular weight is 345 g/mol. The largest absolute Gasteiger partial charge is 0.481 e. The first-order chi connectivity index (χ1) is 11.8. The van der Waals surface area contributed by atoms with E-state index in [2.05, 4.69) is 5.92 Å². The Hall–Kier alpha value is -2.85. The molecule has 0 aliphatic heterocycles. The summed E-state index contributed by atoms with van der Waals surface area (Å²) >= 11 is 0. The third-order valence-corrected chi connectivity index (χ3v) is 4.34. The van der Waals surface area contributed by atoms with Crippen LogP contribution in [0, 0.1) is 12.3 Å². The maximum atomic E-state index is 12.6. The van der Waals surface area contributed by atoms with E-state index in [0.717, 1.165) is 17.5 Å². The number of hydrogen-bond acceptors (Lipinski definition) is 4. The van der Waals surface area contributed by atoms with Crippen LogP contribution in [0.1, 0.15) is 36.4 Å². The minimum absolute atomic E-state index is 0.0550. The highest BCUT2D eigenvalue weighted by Crippen LogP contribution is 2.36. The first-order valence-corrected chi connectivity index (χ1v) is 7.77. The molecule has 2 rings (SSSR count). The Morgan fingerprint density at radius 2 is 1.92 bits per heavy atom. The number of amides is 1. The molecule has 7 heteroatoms. The fourth-order valence-corrected chi connectivity index (χ4v) is 3.14. The van der Waals surface area contributed by atoms with Gasteiger partial charge in [-0.1, -0.05) is 30.2 Å². The number of terminal acetylenes is 1. The molecule has 0 heterocycles. The van der Waals surface area contributed by atoms with Crippen molar-refractivity contribution in [3.63, 3.8) is 0 Å². The molecule has 0 radical (unpaired) electrons. The number of rotatable bonds is 7.